The van der Waals surface area contributed by atoms with Crippen molar-refractivity contribution in [2.45, 2.75) is 13.8 Å². The SMILES string of the molecule is COc1cc(/C=N\NC(=O)COc2ccc(C)c(C)c2)cc([N+](=O)[O-])c1[O-]. The number of nitro benzene ring substituents is 1. The predicted octanol–water partition coefficient (Wildman–Crippen LogP) is 1.82. The first-order chi connectivity index (χ1) is 12.8. The Labute approximate surface area is 155 Å². The molecule has 2 aromatic carbocycles. The molecule has 0 atom stereocenters. The van der Waals surface area contributed by atoms with E-state index >= 15 is 0 Å². The Morgan fingerprint density at radius 1 is 1.26 bits per heavy atom. The maximum absolute atomic E-state index is 11.8. The number of ether oxygens (including phenoxy) is 2. The van der Waals surface area contributed by atoms with Crippen molar-refractivity contribution in [3.8, 4) is 17.2 Å². The quantitative estimate of drug-likeness (QED) is 0.449. The average Bonchev–Trinajstić information content (AvgIpc) is 2.63. The molecule has 9 heteroatoms. The van der Waals surface area contributed by atoms with Gasteiger partial charge in [0.15, 0.2) is 6.61 Å². The number of rotatable bonds is 7. The first kappa shape index (κ1) is 19.7. The largest absolute Gasteiger partial charge is 0.865 e. The summed E-state index contributed by atoms with van der Waals surface area (Å²) in [4.78, 5) is 21.9. The van der Waals surface area contributed by atoms with Gasteiger partial charge in [-0.2, -0.15) is 5.10 Å². The van der Waals surface area contributed by atoms with Gasteiger partial charge in [-0.05, 0) is 43.2 Å². The van der Waals surface area contributed by atoms with Crippen LogP contribution in [0.25, 0.3) is 0 Å². The minimum absolute atomic E-state index is 0.185. The van der Waals surface area contributed by atoms with E-state index in [-0.39, 0.29) is 17.9 Å². The molecule has 1 N–H and O–H groups in total. The Balaban J connectivity index is 1.98. The van der Waals surface area contributed by atoms with Crippen molar-refractivity contribution >= 4 is 17.8 Å². The lowest BCUT2D eigenvalue weighted by atomic mass is 10.1. The van der Waals surface area contributed by atoms with E-state index in [0.717, 1.165) is 17.2 Å². The van der Waals surface area contributed by atoms with Crippen LogP contribution in [0.3, 0.4) is 0 Å². The van der Waals surface area contributed by atoms with Crippen LogP contribution in [0.15, 0.2) is 35.4 Å². The van der Waals surface area contributed by atoms with Gasteiger partial charge in [0.1, 0.15) is 11.5 Å². The van der Waals surface area contributed by atoms with Crippen molar-refractivity contribution in [3.63, 3.8) is 0 Å². The third-order valence-electron chi connectivity index (χ3n) is 3.73. The summed E-state index contributed by atoms with van der Waals surface area (Å²) in [6.07, 6.45) is 1.17. The number of aryl methyl sites for hydroxylation is 2. The van der Waals surface area contributed by atoms with Crippen LogP contribution in [0.1, 0.15) is 16.7 Å². The van der Waals surface area contributed by atoms with E-state index in [0.29, 0.717) is 5.75 Å². The molecule has 9 nitrogen and oxygen atoms in total. The number of amides is 1. The van der Waals surface area contributed by atoms with Crippen LogP contribution in [0.5, 0.6) is 17.2 Å². The molecular weight excluding hydrogens is 354 g/mol. The van der Waals surface area contributed by atoms with Gasteiger partial charge in [0.2, 0.25) is 0 Å². The first-order valence-corrected chi connectivity index (χ1v) is 7.87. The van der Waals surface area contributed by atoms with Crippen LogP contribution in [-0.2, 0) is 4.79 Å². The number of nitro groups is 1. The predicted molar refractivity (Wildman–Crippen MR) is 96.2 cm³/mol. The average molecular weight is 372 g/mol. The fourth-order valence-corrected chi connectivity index (χ4v) is 2.13. The molecule has 0 aromatic heterocycles. The van der Waals surface area contributed by atoms with Crippen molar-refractivity contribution < 1.29 is 24.3 Å². The molecule has 0 saturated carbocycles. The molecule has 2 rings (SSSR count). The smallest absolute Gasteiger partial charge is 0.277 e. The summed E-state index contributed by atoms with van der Waals surface area (Å²) in [5.41, 5.74) is 4.00. The Hall–Kier alpha value is -3.62. The van der Waals surface area contributed by atoms with Gasteiger partial charge >= 0.3 is 0 Å². The summed E-state index contributed by atoms with van der Waals surface area (Å²) in [6.45, 7) is 3.66. The second-order valence-corrected chi connectivity index (χ2v) is 5.66. The van der Waals surface area contributed by atoms with Gasteiger partial charge in [-0.15, -0.1) is 0 Å². The molecule has 142 valence electrons. The lowest BCUT2D eigenvalue weighted by Gasteiger charge is -2.12. The summed E-state index contributed by atoms with van der Waals surface area (Å²) < 4.78 is 10.2. The fourth-order valence-electron chi connectivity index (χ4n) is 2.13. The zero-order valence-electron chi connectivity index (χ0n) is 15.0. The molecular formula is C18H18N3O6-. The van der Waals surface area contributed by atoms with E-state index in [1.54, 1.807) is 6.07 Å². The molecule has 0 aliphatic heterocycles. The zero-order chi connectivity index (χ0) is 20.0. The zero-order valence-corrected chi connectivity index (χ0v) is 15.0. The molecule has 0 saturated heterocycles. The number of nitrogens with one attached hydrogen (secondary N) is 1. The van der Waals surface area contributed by atoms with E-state index in [2.05, 4.69) is 10.5 Å². The molecule has 27 heavy (non-hydrogen) atoms. The van der Waals surface area contributed by atoms with Crippen LogP contribution in [-0.4, -0.2) is 30.8 Å². The van der Waals surface area contributed by atoms with E-state index in [4.69, 9.17) is 9.47 Å². The van der Waals surface area contributed by atoms with Gasteiger partial charge in [-0.25, -0.2) is 5.43 Å². The third kappa shape index (κ3) is 5.18. The van der Waals surface area contributed by atoms with Gasteiger partial charge in [-0.3, -0.25) is 14.9 Å². The van der Waals surface area contributed by atoms with Crippen molar-refractivity contribution in [1.29, 1.82) is 0 Å². The highest BCUT2D eigenvalue weighted by Crippen LogP contribution is 2.33. The number of carbonyl (C=O) groups is 1. The lowest BCUT2D eigenvalue weighted by molar-refractivity contribution is -0.398. The Bertz CT molecular complexity index is 895. The second kappa shape index (κ2) is 8.65. The van der Waals surface area contributed by atoms with Crippen molar-refractivity contribution in [1.82, 2.24) is 5.43 Å². The molecule has 0 spiro atoms. The molecule has 0 heterocycles. The van der Waals surface area contributed by atoms with E-state index < -0.39 is 22.3 Å². The number of hydrogen-bond acceptors (Lipinski definition) is 7. The van der Waals surface area contributed by atoms with Crippen molar-refractivity contribution in [2.75, 3.05) is 13.7 Å². The maximum atomic E-state index is 11.8. The number of nitrogens with zero attached hydrogens (tertiary/aromatic N) is 2. The second-order valence-electron chi connectivity index (χ2n) is 5.66. The lowest BCUT2D eigenvalue weighted by Crippen LogP contribution is -2.24. The van der Waals surface area contributed by atoms with Gasteiger partial charge in [0.25, 0.3) is 11.6 Å². The van der Waals surface area contributed by atoms with Gasteiger partial charge in [-0.1, -0.05) is 6.07 Å². The first-order valence-electron chi connectivity index (χ1n) is 7.87. The molecule has 0 aliphatic carbocycles. The highest BCUT2D eigenvalue weighted by Gasteiger charge is 2.12. The normalized spacial score (nSPS) is 10.6. The van der Waals surface area contributed by atoms with Crippen LogP contribution < -0.4 is 20.0 Å². The van der Waals surface area contributed by atoms with E-state index in [1.807, 2.05) is 26.0 Å². The molecule has 0 aliphatic rings. The minimum atomic E-state index is -0.828. The highest BCUT2D eigenvalue weighted by atomic mass is 16.6. The highest BCUT2D eigenvalue weighted by molar-refractivity contribution is 5.85. The fraction of sp³-hybridized carbons (Fsp3) is 0.222. The summed E-state index contributed by atoms with van der Waals surface area (Å²) in [7, 11) is 1.23. The standard InChI is InChI=1S/C18H19N3O6/c1-11-4-5-14(6-12(11)2)27-10-17(22)20-19-9-13-7-15(21(24)25)18(23)16(8-13)26-3/h4-9,23H,10H2,1-3H3,(H,20,22)/p-1/b19-9-. The van der Waals surface area contributed by atoms with Gasteiger partial charge < -0.3 is 14.6 Å². The molecule has 1 amide bonds. The van der Waals surface area contributed by atoms with Crippen LogP contribution in [0.2, 0.25) is 0 Å². The molecule has 0 unspecified atom stereocenters. The number of methoxy groups -OCH3 is 1. The number of benzene rings is 2. The van der Waals surface area contributed by atoms with Crippen molar-refractivity contribution in [2.24, 2.45) is 5.10 Å². The Kier molecular flexibility index (Phi) is 6.32. The van der Waals surface area contributed by atoms with E-state index in [1.165, 1.54) is 19.4 Å². The minimum Gasteiger partial charge on any atom is -0.865 e. The molecule has 0 bridgehead atoms. The van der Waals surface area contributed by atoms with Gasteiger partial charge in [0, 0.05) is 17.4 Å². The topological polar surface area (TPSA) is 126 Å². The Morgan fingerprint density at radius 3 is 2.63 bits per heavy atom. The molecule has 0 fully saturated rings. The third-order valence-corrected chi connectivity index (χ3v) is 3.73. The van der Waals surface area contributed by atoms with Crippen LogP contribution >= 0.6 is 0 Å². The van der Waals surface area contributed by atoms with Crippen molar-refractivity contribution in [3.05, 3.63) is 57.1 Å². The summed E-state index contributed by atoms with van der Waals surface area (Å²) >= 11 is 0. The van der Waals surface area contributed by atoms with E-state index in [9.17, 15) is 20.0 Å². The Morgan fingerprint density at radius 2 is 2.00 bits per heavy atom. The number of hydrogen-bond donors (Lipinski definition) is 1. The maximum Gasteiger partial charge on any atom is 0.277 e. The van der Waals surface area contributed by atoms with Gasteiger partial charge in [0.05, 0.1) is 18.2 Å². The van der Waals surface area contributed by atoms with Crippen LogP contribution in [0.4, 0.5) is 5.69 Å². The summed E-state index contributed by atoms with van der Waals surface area (Å²) in [6, 6.07) is 7.81. The monoisotopic (exact) mass is 372 g/mol. The summed E-state index contributed by atoms with van der Waals surface area (Å²) in [5, 5.41) is 26.4. The molecule has 0 radical (unpaired) electrons. The number of hydrazone groups is 1. The number of carbonyl (C=O) groups excluding carboxylic acids is 1. The van der Waals surface area contributed by atoms with Crippen LogP contribution in [0, 0.1) is 24.0 Å². The molecule has 2 aromatic rings. The summed E-state index contributed by atoms with van der Waals surface area (Å²) in [5.74, 6) is -0.962.